The van der Waals surface area contributed by atoms with Gasteiger partial charge in [-0.25, -0.2) is 0 Å². The number of hydrogen-bond donors (Lipinski definition) is 1. The quantitative estimate of drug-likeness (QED) is 0.686. The normalized spacial score (nSPS) is 19.0. The van der Waals surface area contributed by atoms with Crippen LogP contribution in [0, 0.1) is 5.41 Å². The van der Waals surface area contributed by atoms with E-state index in [1.165, 1.54) is 50.6 Å². The van der Waals surface area contributed by atoms with Gasteiger partial charge in [0.05, 0.1) is 11.7 Å². The topological polar surface area (TPSA) is 29.9 Å². The minimum Gasteiger partial charge on any atom is -0.316 e. The van der Waals surface area contributed by atoms with Crippen molar-refractivity contribution in [1.29, 1.82) is 0 Å². The van der Waals surface area contributed by atoms with Gasteiger partial charge in [0.15, 0.2) is 0 Å². The van der Waals surface area contributed by atoms with E-state index in [0.29, 0.717) is 11.5 Å². The van der Waals surface area contributed by atoms with E-state index in [1.807, 2.05) is 0 Å². The molecule has 1 atom stereocenters. The fraction of sp³-hybridized carbons (Fsp3) is 0.833. The van der Waals surface area contributed by atoms with Gasteiger partial charge in [-0.05, 0) is 50.1 Å². The maximum Gasteiger partial charge on any atom is 0.0630 e. The fourth-order valence-electron chi connectivity index (χ4n) is 3.69. The molecule has 1 aliphatic carbocycles. The first-order chi connectivity index (χ1) is 10.2. The third-order valence-corrected chi connectivity index (χ3v) is 4.80. The Kier molecular flexibility index (Phi) is 6.28. The van der Waals surface area contributed by atoms with Crippen molar-refractivity contribution in [3.8, 4) is 0 Å². The van der Waals surface area contributed by atoms with E-state index in [1.54, 1.807) is 0 Å². The highest BCUT2D eigenvalue weighted by atomic mass is 15.3. The lowest BCUT2D eigenvalue weighted by Gasteiger charge is -2.29. The molecule has 1 aliphatic rings. The van der Waals surface area contributed by atoms with Crippen LogP contribution in [-0.2, 0) is 6.42 Å². The third-order valence-electron chi connectivity index (χ3n) is 4.80. The highest BCUT2D eigenvalue weighted by Gasteiger charge is 2.25. The molecular weight excluding hydrogens is 258 g/mol. The molecule has 1 fully saturated rings. The molecule has 0 aromatic carbocycles. The van der Waals surface area contributed by atoms with E-state index >= 15 is 0 Å². The molecule has 0 bridgehead atoms. The molecule has 2 rings (SSSR count). The lowest BCUT2D eigenvalue weighted by molar-refractivity contribution is 0.271. The molecule has 1 aromatic heterocycles. The summed E-state index contributed by atoms with van der Waals surface area (Å²) >= 11 is 0. The summed E-state index contributed by atoms with van der Waals surface area (Å²) in [5.74, 6) is 0. The van der Waals surface area contributed by atoms with Crippen LogP contribution in [0.15, 0.2) is 12.3 Å². The smallest absolute Gasteiger partial charge is 0.0630 e. The number of nitrogens with zero attached hydrogens (tertiary/aromatic N) is 2. The van der Waals surface area contributed by atoms with Crippen LogP contribution >= 0.6 is 0 Å². The summed E-state index contributed by atoms with van der Waals surface area (Å²) in [6.07, 6.45) is 12.4. The van der Waals surface area contributed by atoms with Gasteiger partial charge in [-0.2, -0.15) is 5.10 Å². The van der Waals surface area contributed by atoms with Crippen LogP contribution < -0.4 is 5.32 Å². The van der Waals surface area contributed by atoms with E-state index in [0.717, 1.165) is 19.5 Å². The Balaban J connectivity index is 1.95. The Labute approximate surface area is 130 Å². The van der Waals surface area contributed by atoms with Crippen molar-refractivity contribution in [3.63, 3.8) is 0 Å². The van der Waals surface area contributed by atoms with Gasteiger partial charge in [0.1, 0.15) is 0 Å². The van der Waals surface area contributed by atoms with Gasteiger partial charge in [-0.1, -0.05) is 40.0 Å². The van der Waals surface area contributed by atoms with Crippen molar-refractivity contribution in [2.75, 3.05) is 13.1 Å². The van der Waals surface area contributed by atoms with Crippen molar-refractivity contribution in [2.24, 2.45) is 5.41 Å². The van der Waals surface area contributed by atoms with Gasteiger partial charge in [-0.15, -0.1) is 0 Å². The molecule has 1 N–H and O–H groups in total. The average Bonchev–Trinajstić information content (AvgIpc) is 3.09. The maximum absolute atomic E-state index is 4.88. The van der Waals surface area contributed by atoms with E-state index in [4.69, 9.17) is 5.10 Å². The predicted octanol–water partition coefficient (Wildman–Crippen LogP) is 4.35. The highest BCUT2D eigenvalue weighted by molar-refractivity contribution is 5.04. The second-order valence-corrected chi connectivity index (χ2v) is 7.14. The minimum atomic E-state index is 0.332. The van der Waals surface area contributed by atoms with Crippen LogP contribution in [0.4, 0.5) is 0 Å². The molecule has 0 amide bonds. The molecule has 3 nitrogen and oxygen atoms in total. The average molecular weight is 291 g/mol. The summed E-state index contributed by atoms with van der Waals surface area (Å²) in [5, 5.41) is 8.48. The van der Waals surface area contributed by atoms with Gasteiger partial charge in [-0.3, -0.25) is 4.68 Å². The molecule has 1 heterocycles. The number of aromatic nitrogens is 2. The summed E-state index contributed by atoms with van der Waals surface area (Å²) in [4.78, 5) is 0. The molecule has 0 spiro atoms. The number of rotatable bonds is 9. The predicted molar refractivity (Wildman–Crippen MR) is 89.6 cm³/mol. The summed E-state index contributed by atoms with van der Waals surface area (Å²) in [7, 11) is 0. The van der Waals surface area contributed by atoms with E-state index in [9.17, 15) is 0 Å². The van der Waals surface area contributed by atoms with Gasteiger partial charge in [0.2, 0.25) is 0 Å². The van der Waals surface area contributed by atoms with Gasteiger partial charge in [0, 0.05) is 12.7 Å². The molecule has 21 heavy (non-hydrogen) atoms. The van der Waals surface area contributed by atoms with Gasteiger partial charge in [0.25, 0.3) is 0 Å². The fourth-order valence-corrected chi connectivity index (χ4v) is 3.69. The largest absolute Gasteiger partial charge is 0.316 e. The first-order valence-electron chi connectivity index (χ1n) is 8.91. The highest BCUT2D eigenvalue weighted by Crippen LogP contribution is 2.30. The van der Waals surface area contributed by atoms with Gasteiger partial charge >= 0.3 is 0 Å². The Hall–Kier alpha value is -0.830. The Morgan fingerprint density at radius 1 is 1.29 bits per heavy atom. The molecule has 120 valence electrons. The van der Waals surface area contributed by atoms with E-state index in [2.05, 4.69) is 43.0 Å². The summed E-state index contributed by atoms with van der Waals surface area (Å²) in [6.45, 7) is 9.15. The molecule has 1 unspecified atom stereocenters. The maximum atomic E-state index is 4.88. The van der Waals surface area contributed by atoms with Crippen molar-refractivity contribution in [3.05, 3.63) is 18.0 Å². The second kappa shape index (κ2) is 7.98. The zero-order valence-electron chi connectivity index (χ0n) is 14.2. The van der Waals surface area contributed by atoms with Crippen molar-refractivity contribution in [2.45, 2.75) is 78.2 Å². The Morgan fingerprint density at radius 2 is 2.05 bits per heavy atom. The van der Waals surface area contributed by atoms with Crippen LogP contribution in [0.1, 0.15) is 77.5 Å². The molecule has 0 aliphatic heterocycles. The Bertz CT molecular complexity index is 406. The summed E-state index contributed by atoms with van der Waals surface area (Å²) < 4.78 is 2.23. The monoisotopic (exact) mass is 291 g/mol. The van der Waals surface area contributed by atoms with Crippen molar-refractivity contribution < 1.29 is 0 Å². The van der Waals surface area contributed by atoms with E-state index < -0.39 is 0 Å². The zero-order chi connectivity index (χ0) is 15.1. The molecule has 3 heteroatoms. The third kappa shape index (κ3) is 4.84. The number of hydrogen-bond acceptors (Lipinski definition) is 2. The summed E-state index contributed by atoms with van der Waals surface area (Å²) in [5.41, 5.74) is 1.61. The lowest BCUT2D eigenvalue weighted by atomic mass is 9.81. The molecule has 0 saturated heterocycles. The van der Waals surface area contributed by atoms with Crippen molar-refractivity contribution >= 4 is 0 Å². The van der Waals surface area contributed by atoms with Crippen LogP contribution in [0.2, 0.25) is 0 Å². The van der Waals surface area contributed by atoms with Crippen molar-refractivity contribution in [1.82, 2.24) is 15.1 Å². The molecule has 1 aromatic rings. The van der Waals surface area contributed by atoms with Crippen LogP contribution in [0.25, 0.3) is 0 Å². The van der Waals surface area contributed by atoms with Crippen LogP contribution in [0.3, 0.4) is 0 Å². The van der Waals surface area contributed by atoms with Gasteiger partial charge < -0.3 is 5.32 Å². The molecule has 0 radical (unpaired) electrons. The Morgan fingerprint density at radius 3 is 2.71 bits per heavy atom. The van der Waals surface area contributed by atoms with E-state index in [-0.39, 0.29) is 0 Å². The summed E-state index contributed by atoms with van der Waals surface area (Å²) in [6, 6.07) is 2.90. The SMILES string of the molecule is CCCNCC(C)(CCC)Cc1ccn(C2CCCC2)n1. The standard InChI is InChI=1S/C18H33N3/c1-4-11-18(3,15-19-12-5-2)14-16-10-13-21(20-16)17-8-6-7-9-17/h10,13,17,19H,4-9,11-12,14-15H2,1-3H3. The first-order valence-corrected chi connectivity index (χ1v) is 8.91. The number of nitrogens with one attached hydrogen (secondary N) is 1. The zero-order valence-corrected chi connectivity index (χ0v) is 14.2. The first kappa shape index (κ1) is 16.5. The lowest BCUT2D eigenvalue weighted by Crippen LogP contribution is -2.34. The minimum absolute atomic E-state index is 0.332. The van der Waals surface area contributed by atoms with Crippen LogP contribution in [-0.4, -0.2) is 22.9 Å². The molecular formula is C18H33N3. The molecule has 1 saturated carbocycles. The van der Waals surface area contributed by atoms with Crippen LogP contribution in [0.5, 0.6) is 0 Å². The second-order valence-electron chi connectivity index (χ2n) is 7.14.